The van der Waals surface area contributed by atoms with E-state index in [2.05, 4.69) is 18.3 Å². The summed E-state index contributed by atoms with van der Waals surface area (Å²) >= 11 is 1.69. The highest BCUT2D eigenvalue weighted by atomic mass is 32.2. The molecule has 0 spiro atoms. The van der Waals surface area contributed by atoms with Gasteiger partial charge >= 0.3 is 6.03 Å². The first-order chi connectivity index (χ1) is 13.6. The van der Waals surface area contributed by atoms with Crippen LogP contribution in [0, 0.1) is 13.8 Å². The third-order valence-corrected chi connectivity index (χ3v) is 5.73. The van der Waals surface area contributed by atoms with E-state index < -0.39 is 0 Å². The molecule has 0 fully saturated rings. The molecule has 0 saturated heterocycles. The standard InChI is InChI=1S/C23H22N2O2S/c1-16-11-12-20(17(2)15-16)27-14-13-24-23(26)25-18-7-3-5-9-21(18)28-22-10-6-4-8-19(22)25/h3-12,15H,13-14H2,1-2H3,(H,24,26). The quantitative estimate of drug-likeness (QED) is 0.582. The highest BCUT2D eigenvalue weighted by molar-refractivity contribution is 7.99. The molecule has 28 heavy (non-hydrogen) atoms. The van der Waals surface area contributed by atoms with Gasteiger partial charge in [-0.3, -0.25) is 4.90 Å². The minimum absolute atomic E-state index is 0.149. The molecular formula is C23H22N2O2S. The largest absolute Gasteiger partial charge is 0.491 e. The number of amides is 2. The summed E-state index contributed by atoms with van der Waals surface area (Å²) in [7, 11) is 0. The van der Waals surface area contributed by atoms with Crippen LogP contribution in [0.5, 0.6) is 5.75 Å². The van der Waals surface area contributed by atoms with Crippen LogP contribution >= 0.6 is 11.8 Å². The summed E-state index contributed by atoms with van der Waals surface area (Å²) < 4.78 is 5.83. The van der Waals surface area contributed by atoms with E-state index >= 15 is 0 Å². The first-order valence-electron chi connectivity index (χ1n) is 9.27. The number of aryl methyl sites for hydroxylation is 2. The van der Waals surface area contributed by atoms with Crippen molar-refractivity contribution in [3.8, 4) is 5.75 Å². The molecule has 5 heteroatoms. The summed E-state index contributed by atoms with van der Waals surface area (Å²) in [4.78, 5) is 16.9. The number of urea groups is 1. The van der Waals surface area contributed by atoms with Crippen molar-refractivity contribution in [2.24, 2.45) is 0 Å². The summed E-state index contributed by atoms with van der Waals surface area (Å²) in [5.74, 6) is 0.852. The van der Waals surface area contributed by atoms with E-state index in [1.165, 1.54) is 5.56 Å². The average molecular weight is 391 g/mol. The van der Waals surface area contributed by atoms with Crippen molar-refractivity contribution < 1.29 is 9.53 Å². The van der Waals surface area contributed by atoms with Crippen molar-refractivity contribution in [3.63, 3.8) is 0 Å². The van der Waals surface area contributed by atoms with Crippen LogP contribution in [0.1, 0.15) is 11.1 Å². The van der Waals surface area contributed by atoms with Crippen LogP contribution in [0.25, 0.3) is 0 Å². The predicted molar refractivity (Wildman–Crippen MR) is 114 cm³/mol. The molecular weight excluding hydrogens is 368 g/mol. The van der Waals surface area contributed by atoms with Gasteiger partial charge < -0.3 is 10.1 Å². The number of anilines is 2. The second kappa shape index (κ2) is 7.98. The second-order valence-corrected chi connectivity index (χ2v) is 7.81. The Morgan fingerprint density at radius 1 is 0.964 bits per heavy atom. The molecule has 0 radical (unpaired) electrons. The first-order valence-corrected chi connectivity index (χ1v) is 10.1. The van der Waals surface area contributed by atoms with Gasteiger partial charge in [-0.2, -0.15) is 0 Å². The van der Waals surface area contributed by atoms with Gasteiger partial charge in [0, 0.05) is 9.79 Å². The van der Waals surface area contributed by atoms with Crippen LogP contribution in [0.15, 0.2) is 76.5 Å². The first kappa shape index (κ1) is 18.4. The Balaban J connectivity index is 1.45. The molecule has 3 aromatic rings. The van der Waals surface area contributed by atoms with Crippen LogP contribution in [0.2, 0.25) is 0 Å². The Kier molecular flexibility index (Phi) is 5.26. The van der Waals surface area contributed by atoms with Gasteiger partial charge in [-0.25, -0.2) is 4.79 Å². The molecule has 1 aliphatic heterocycles. The van der Waals surface area contributed by atoms with Crippen molar-refractivity contribution >= 4 is 29.2 Å². The van der Waals surface area contributed by atoms with Crippen LogP contribution in [-0.4, -0.2) is 19.2 Å². The number of hydrogen-bond acceptors (Lipinski definition) is 3. The molecule has 0 aromatic heterocycles. The van der Waals surface area contributed by atoms with Crippen LogP contribution < -0.4 is 15.0 Å². The number of carbonyl (C=O) groups excluding carboxylic acids is 1. The van der Waals surface area contributed by atoms with Crippen molar-refractivity contribution in [1.82, 2.24) is 5.32 Å². The maximum Gasteiger partial charge on any atom is 0.326 e. The van der Waals surface area contributed by atoms with Gasteiger partial charge in [0.1, 0.15) is 12.4 Å². The van der Waals surface area contributed by atoms with Crippen LogP contribution in [-0.2, 0) is 0 Å². The summed E-state index contributed by atoms with van der Waals surface area (Å²) in [6, 6.07) is 21.9. The average Bonchev–Trinajstić information content (AvgIpc) is 2.70. The third kappa shape index (κ3) is 3.71. The second-order valence-electron chi connectivity index (χ2n) is 6.72. The number of para-hydroxylation sites is 2. The van der Waals surface area contributed by atoms with Gasteiger partial charge in [-0.05, 0) is 49.7 Å². The van der Waals surface area contributed by atoms with E-state index in [1.54, 1.807) is 16.7 Å². The van der Waals surface area contributed by atoms with Gasteiger partial charge in [0.2, 0.25) is 0 Å². The van der Waals surface area contributed by atoms with Crippen molar-refractivity contribution in [1.29, 1.82) is 0 Å². The number of nitrogens with one attached hydrogen (secondary N) is 1. The number of rotatable bonds is 4. The summed E-state index contributed by atoms with van der Waals surface area (Å²) in [5.41, 5.74) is 4.11. The smallest absolute Gasteiger partial charge is 0.326 e. The van der Waals surface area contributed by atoms with Gasteiger partial charge in [-0.1, -0.05) is 53.7 Å². The molecule has 1 aliphatic rings. The highest BCUT2D eigenvalue weighted by Crippen LogP contribution is 2.47. The van der Waals surface area contributed by atoms with Gasteiger partial charge in [0.05, 0.1) is 17.9 Å². The van der Waals surface area contributed by atoms with E-state index in [0.29, 0.717) is 13.2 Å². The minimum atomic E-state index is -0.149. The van der Waals surface area contributed by atoms with E-state index in [0.717, 1.165) is 32.5 Å². The lowest BCUT2D eigenvalue weighted by molar-refractivity contribution is 0.243. The normalized spacial score (nSPS) is 12.1. The number of nitrogens with zero attached hydrogens (tertiary/aromatic N) is 1. The zero-order chi connectivity index (χ0) is 19.5. The molecule has 0 aliphatic carbocycles. The monoisotopic (exact) mass is 390 g/mol. The molecule has 0 unspecified atom stereocenters. The van der Waals surface area contributed by atoms with Crippen molar-refractivity contribution in [2.75, 3.05) is 18.1 Å². The Morgan fingerprint density at radius 2 is 1.61 bits per heavy atom. The highest BCUT2D eigenvalue weighted by Gasteiger charge is 2.27. The van der Waals surface area contributed by atoms with E-state index in [4.69, 9.17) is 4.74 Å². The Bertz CT molecular complexity index is 973. The Labute approximate surface area is 169 Å². The lowest BCUT2D eigenvalue weighted by Gasteiger charge is -2.31. The SMILES string of the molecule is Cc1ccc(OCCNC(=O)N2c3ccccc3Sc3ccccc32)c(C)c1. The zero-order valence-electron chi connectivity index (χ0n) is 15.9. The summed E-state index contributed by atoms with van der Waals surface area (Å²) in [5, 5.41) is 2.99. The maximum atomic E-state index is 13.0. The fourth-order valence-corrected chi connectivity index (χ4v) is 4.34. The molecule has 4 rings (SSSR count). The number of carbonyl (C=O) groups is 1. The topological polar surface area (TPSA) is 41.6 Å². The van der Waals surface area contributed by atoms with Crippen LogP contribution in [0.4, 0.5) is 16.2 Å². The molecule has 1 N–H and O–H groups in total. The minimum Gasteiger partial charge on any atom is -0.491 e. The van der Waals surface area contributed by atoms with Crippen LogP contribution in [0.3, 0.4) is 0 Å². The predicted octanol–water partition coefficient (Wildman–Crippen LogP) is 5.69. The molecule has 2 amide bonds. The number of hydrogen-bond donors (Lipinski definition) is 1. The van der Waals surface area contributed by atoms with Gasteiger partial charge in [-0.15, -0.1) is 0 Å². The molecule has 0 bridgehead atoms. The molecule has 4 nitrogen and oxygen atoms in total. The number of fused-ring (bicyclic) bond motifs is 2. The summed E-state index contributed by atoms with van der Waals surface area (Å²) in [6.07, 6.45) is 0. The molecule has 0 atom stereocenters. The Hall–Kier alpha value is -2.92. The van der Waals surface area contributed by atoms with Crippen molar-refractivity contribution in [2.45, 2.75) is 23.6 Å². The number of ether oxygens (including phenoxy) is 1. The third-order valence-electron chi connectivity index (χ3n) is 4.60. The van der Waals surface area contributed by atoms with Gasteiger partial charge in [0.15, 0.2) is 0 Å². The number of benzene rings is 3. The molecule has 1 heterocycles. The lowest BCUT2D eigenvalue weighted by atomic mass is 10.1. The fourth-order valence-electron chi connectivity index (χ4n) is 3.28. The van der Waals surface area contributed by atoms with E-state index in [9.17, 15) is 4.79 Å². The Morgan fingerprint density at radius 3 is 2.25 bits per heavy atom. The fraction of sp³-hybridized carbons (Fsp3) is 0.174. The van der Waals surface area contributed by atoms with Crippen molar-refractivity contribution in [3.05, 3.63) is 77.9 Å². The van der Waals surface area contributed by atoms with E-state index in [-0.39, 0.29) is 6.03 Å². The van der Waals surface area contributed by atoms with Gasteiger partial charge in [0.25, 0.3) is 0 Å². The molecule has 3 aromatic carbocycles. The lowest BCUT2D eigenvalue weighted by Crippen LogP contribution is -2.40. The molecule has 0 saturated carbocycles. The molecule has 142 valence electrons. The van der Waals surface area contributed by atoms with E-state index in [1.807, 2.05) is 67.6 Å². The maximum absolute atomic E-state index is 13.0. The summed E-state index contributed by atoms with van der Waals surface area (Å²) in [6.45, 7) is 4.94. The zero-order valence-corrected chi connectivity index (χ0v) is 16.8.